The smallest absolute Gasteiger partial charge is 0.303 e. The van der Waals surface area contributed by atoms with Gasteiger partial charge in [-0.2, -0.15) is 0 Å². The molecule has 68 valence electrons. The second-order valence-corrected chi connectivity index (χ2v) is 2.96. The number of carboxylic acids is 1. The van der Waals surface area contributed by atoms with Crippen LogP contribution in [0.1, 0.15) is 12.1 Å². The van der Waals surface area contributed by atoms with Gasteiger partial charge in [-0.25, -0.2) is 4.98 Å². The minimum absolute atomic E-state index is 0. The largest absolute Gasteiger partial charge is 0.481 e. The molecule has 0 saturated carbocycles. The summed E-state index contributed by atoms with van der Waals surface area (Å²) >= 11 is 1.33. The van der Waals surface area contributed by atoms with E-state index in [4.69, 9.17) is 10.8 Å². The first-order valence-corrected chi connectivity index (χ1v) is 3.98. The van der Waals surface area contributed by atoms with Gasteiger partial charge in [-0.1, -0.05) is 0 Å². The molecule has 1 heterocycles. The Labute approximate surface area is 84.2 Å². The van der Waals surface area contributed by atoms with Crippen molar-refractivity contribution in [3.63, 3.8) is 0 Å². The SMILES string of the molecule is Br.Nc1nc(CCC(=O)O)cs1. The summed E-state index contributed by atoms with van der Waals surface area (Å²) in [6.07, 6.45) is 0.576. The normalized spacial score (nSPS) is 9.00. The molecule has 0 aromatic carbocycles. The van der Waals surface area contributed by atoms with Crippen molar-refractivity contribution >= 4 is 39.4 Å². The first-order chi connectivity index (χ1) is 5.18. The van der Waals surface area contributed by atoms with Crippen molar-refractivity contribution < 1.29 is 9.90 Å². The van der Waals surface area contributed by atoms with Crippen molar-refractivity contribution in [2.45, 2.75) is 12.8 Å². The standard InChI is InChI=1S/C6H8N2O2S.BrH/c7-6-8-4(3-11-6)1-2-5(9)10;/h3H,1-2H2,(H2,7,8)(H,9,10);1H. The Morgan fingerprint density at radius 2 is 2.42 bits per heavy atom. The summed E-state index contributed by atoms with van der Waals surface area (Å²) in [5.41, 5.74) is 6.10. The number of anilines is 1. The number of thiazole rings is 1. The molecule has 0 amide bonds. The molecule has 0 unspecified atom stereocenters. The maximum absolute atomic E-state index is 10.1. The highest BCUT2D eigenvalue weighted by molar-refractivity contribution is 8.93. The lowest BCUT2D eigenvalue weighted by Crippen LogP contribution is -1.97. The Morgan fingerprint density at radius 1 is 1.75 bits per heavy atom. The number of rotatable bonds is 3. The third-order valence-electron chi connectivity index (χ3n) is 1.16. The van der Waals surface area contributed by atoms with E-state index in [0.29, 0.717) is 11.6 Å². The van der Waals surface area contributed by atoms with Gasteiger partial charge in [0, 0.05) is 11.8 Å². The number of carboxylic acid groups (broad SMARTS) is 1. The van der Waals surface area contributed by atoms with Gasteiger partial charge in [0.15, 0.2) is 5.13 Å². The highest BCUT2D eigenvalue weighted by atomic mass is 79.9. The Morgan fingerprint density at radius 3 is 2.83 bits per heavy atom. The first-order valence-electron chi connectivity index (χ1n) is 3.10. The number of aromatic nitrogens is 1. The average molecular weight is 253 g/mol. The second kappa shape index (κ2) is 5.10. The van der Waals surface area contributed by atoms with Crippen LogP contribution >= 0.6 is 28.3 Å². The third kappa shape index (κ3) is 3.68. The number of aliphatic carboxylic acids is 1. The summed E-state index contributed by atoms with van der Waals surface area (Å²) in [5, 5.41) is 10.6. The number of carbonyl (C=O) groups is 1. The molecule has 12 heavy (non-hydrogen) atoms. The number of aryl methyl sites for hydroxylation is 1. The predicted octanol–water partition coefficient (Wildman–Crippen LogP) is 1.32. The number of hydrogen-bond donors (Lipinski definition) is 2. The molecule has 0 atom stereocenters. The van der Waals surface area contributed by atoms with Crippen LogP contribution in [0.15, 0.2) is 5.38 Å². The van der Waals surface area contributed by atoms with Gasteiger partial charge in [0.25, 0.3) is 0 Å². The van der Waals surface area contributed by atoms with Gasteiger partial charge >= 0.3 is 5.97 Å². The van der Waals surface area contributed by atoms with Gasteiger partial charge in [-0.05, 0) is 0 Å². The predicted molar refractivity (Wildman–Crippen MR) is 52.8 cm³/mol. The molecule has 0 aliphatic heterocycles. The Balaban J connectivity index is 0.00000121. The Hall–Kier alpha value is -0.620. The molecule has 1 aromatic rings. The van der Waals surface area contributed by atoms with E-state index in [0.717, 1.165) is 5.69 Å². The van der Waals surface area contributed by atoms with Crippen molar-refractivity contribution in [2.24, 2.45) is 0 Å². The van der Waals surface area contributed by atoms with Gasteiger partial charge in [-0.3, -0.25) is 4.79 Å². The zero-order chi connectivity index (χ0) is 8.27. The molecular weight excluding hydrogens is 244 g/mol. The summed E-state index contributed by atoms with van der Waals surface area (Å²) in [7, 11) is 0. The fourth-order valence-corrected chi connectivity index (χ4v) is 1.27. The van der Waals surface area contributed by atoms with E-state index in [1.807, 2.05) is 0 Å². The van der Waals surface area contributed by atoms with Crippen molar-refractivity contribution in [3.05, 3.63) is 11.1 Å². The Kier molecular flexibility index (Phi) is 4.84. The van der Waals surface area contributed by atoms with Crippen LogP contribution < -0.4 is 5.73 Å². The third-order valence-corrected chi connectivity index (χ3v) is 1.89. The molecule has 0 aliphatic carbocycles. The minimum atomic E-state index is -0.809. The molecule has 1 aromatic heterocycles. The van der Waals surface area contributed by atoms with Gasteiger partial charge in [0.2, 0.25) is 0 Å². The molecule has 3 N–H and O–H groups in total. The molecule has 0 radical (unpaired) electrons. The fraction of sp³-hybridized carbons (Fsp3) is 0.333. The van der Waals surface area contributed by atoms with Crippen molar-refractivity contribution in [3.8, 4) is 0 Å². The molecule has 6 heteroatoms. The maximum Gasteiger partial charge on any atom is 0.303 e. The van der Waals surface area contributed by atoms with Crippen LogP contribution in [0.3, 0.4) is 0 Å². The lowest BCUT2D eigenvalue weighted by atomic mass is 10.3. The molecule has 0 bridgehead atoms. The van der Waals surface area contributed by atoms with Crippen molar-refractivity contribution in [1.82, 2.24) is 4.98 Å². The number of nitrogens with zero attached hydrogens (tertiary/aromatic N) is 1. The van der Waals surface area contributed by atoms with Gasteiger partial charge in [-0.15, -0.1) is 28.3 Å². The average Bonchev–Trinajstić information content (AvgIpc) is 2.31. The monoisotopic (exact) mass is 252 g/mol. The molecule has 0 saturated heterocycles. The first kappa shape index (κ1) is 11.4. The Bertz CT molecular complexity index is 264. The summed E-state index contributed by atoms with van der Waals surface area (Å²) in [4.78, 5) is 14.0. The van der Waals surface area contributed by atoms with Crippen molar-refractivity contribution in [1.29, 1.82) is 0 Å². The van der Waals surface area contributed by atoms with E-state index in [1.165, 1.54) is 11.3 Å². The minimum Gasteiger partial charge on any atom is -0.481 e. The number of nitrogen functional groups attached to an aromatic ring is 1. The maximum atomic E-state index is 10.1. The van der Waals surface area contributed by atoms with E-state index in [2.05, 4.69) is 4.98 Å². The van der Waals surface area contributed by atoms with Crippen LogP contribution in [0.4, 0.5) is 5.13 Å². The molecule has 0 aliphatic rings. The van der Waals surface area contributed by atoms with Crippen LogP contribution in [-0.2, 0) is 11.2 Å². The van der Waals surface area contributed by atoms with Gasteiger partial charge in [0.1, 0.15) is 0 Å². The van der Waals surface area contributed by atoms with E-state index < -0.39 is 5.97 Å². The molecular formula is C6H9BrN2O2S. The quantitative estimate of drug-likeness (QED) is 0.851. The molecule has 4 nitrogen and oxygen atoms in total. The zero-order valence-corrected chi connectivity index (χ0v) is 8.72. The second-order valence-electron chi connectivity index (χ2n) is 2.07. The van der Waals surface area contributed by atoms with Crippen LogP contribution in [0.5, 0.6) is 0 Å². The van der Waals surface area contributed by atoms with Gasteiger partial charge < -0.3 is 10.8 Å². The van der Waals surface area contributed by atoms with E-state index >= 15 is 0 Å². The topological polar surface area (TPSA) is 76.2 Å². The summed E-state index contributed by atoms with van der Waals surface area (Å²) < 4.78 is 0. The molecule has 1 rings (SSSR count). The molecule has 0 fully saturated rings. The lowest BCUT2D eigenvalue weighted by molar-refractivity contribution is -0.136. The van der Waals surface area contributed by atoms with E-state index in [1.54, 1.807) is 5.38 Å². The van der Waals surface area contributed by atoms with Crippen LogP contribution in [0.2, 0.25) is 0 Å². The number of hydrogen-bond acceptors (Lipinski definition) is 4. The number of nitrogens with two attached hydrogens (primary N) is 1. The summed E-state index contributed by atoms with van der Waals surface area (Å²) in [6.45, 7) is 0. The molecule has 0 spiro atoms. The van der Waals surface area contributed by atoms with Gasteiger partial charge in [0.05, 0.1) is 12.1 Å². The highest BCUT2D eigenvalue weighted by Gasteiger charge is 2.01. The highest BCUT2D eigenvalue weighted by Crippen LogP contribution is 2.12. The zero-order valence-electron chi connectivity index (χ0n) is 6.19. The number of halogens is 1. The van der Waals surface area contributed by atoms with E-state index in [-0.39, 0.29) is 23.4 Å². The van der Waals surface area contributed by atoms with Crippen LogP contribution in [0.25, 0.3) is 0 Å². The summed E-state index contributed by atoms with van der Waals surface area (Å²) in [5.74, 6) is -0.809. The lowest BCUT2D eigenvalue weighted by Gasteiger charge is -1.89. The van der Waals surface area contributed by atoms with Crippen LogP contribution in [0, 0.1) is 0 Å². The van der Waals surface area contributed by atoms with Crippen LogP contribution in [-0.4, -0.2) is 16.1 Å². The van der Waals surface area contributed by atoms with E-state index in [9.17, 15) is 4.79 Å². The van der Waals surface area contributed by atoms with Crippen molar-refractivity contribution in [2.75, 3.05) is 5.73 Å². The summed E-state index contributed by atoms with van der Waals surface area (Å²) in [6, 6.07) is 0. The fourth-order valence-electron chi connectivity index (χ4n) is 0.672.